The molecule has 0 saturated carbocycles. The van der Waals surface area contributed by atoms with Crippen molar-refractivity contribution in [3.63, 3.8) is 0 Å². The van der Waals surface area contributed by atoms with Crippen LogP contribution in [-0.4, -0.2) is 12.5 Å². The first-order valence-corrected chi connectivity index (χ1v) is 6.13. The smallest absolute Gasteiger partial charge is 0.387 e. The Bertz CT molecular complexity index is 632. The Kier molecular flexibility index (Phi) is 4.81. The van der Waals surface area contributed by atoms with Crippen LogP contribution in [0.3, 0.4) is 0 Å². The Balaban J connectivity index is 2.04. The SMILES string of the molecule is O=C(NCc1ccccc1OC(F)F)c1cccc(F)c1. The predicted octanol–water partition coefficient (Wildman–Crippen LogP) is 3.36. The molecular formula is C15H12F3NO2. The maximum atomic E-state index is 13.0. The third kappa shape index (κ3) is 4.24. The molecule has 0 bridgehead atoms. The number of amides is 1. The molecule has 0 saturated heterocycles. The van der Waals surface area contributed by atoms with E-state index in [1.165, 1.54) is 24.3 Å². The van der Waals surface area contributed by atoms with Crippen LogP contribution in [0.5, 0.6) is 5.75 Å². The van der Waals surface area contributed by atoms with Gasteiger partial charge in [0, 0.05) is 17.7 Å². The third-order valence-corrected chi connectivity index (χ3v) is 2.71. The lowest BCUT2D eigenvalue weighted by atomic mass is 10.1. The Labute approximate surface area is 119 Å². The van der Waals surface area contributed by atoms with Crippen molar-refractivity contribution in [2.24, 2.45) is 0 Å². The summed E-state index contributed by atoms with van der Waals surface area (Å²) in [5.41, 5.74) is 0.560. The molecule has 0 spiro atoms. The Morgan fingerprint density at radius 3 is 2.62 bits per heavy atom. The normalized spacial score (nSPS) is 10.5. The topological polar surface area (TPSA) is 38.3 Å². The lowest BCUT2D eigenvalue weighted by molar-refractivity contribution is -0.0504. The van der Waals surface area contributed by atoms with Gasteiger partial charge in [0.2, 0.25) is 0 Å². The van der Waals surface area contributed by atoms with Gasteiger partial charge in [-0.1, -0.05) is 24.3 Å². The van der Waals surface area contributed by atoms with E-state index in [9.17, 15) is 18.0 Å². The number of alkyl halides is 2. The van der Waals surface area contributed by atoms with Crippen LogP contribution in [0.1, 0.15) is 15.9 Å². The number of hydrogen-bond donors (Lipinski definition) is 1. The zero-order chi connectivity index (χ0) is 15.2. The number of benzene rings is 2. The second-order valence-corrected chi connectivity index (χ2v) is 4.18. The number of halogens is 3. The lowest BCUT2D eigenvalue weighted by Crippen LogP contribution is -2.23. The number of para-hydroxylation sites is 1. The Hall–Kier alpha value is -2.50. The first-order chi connectivity index (χ1) is 10.1. The van der Waals surface area contributed by atoms with Gasteiger partial charge in [-0.2, -0.15) is 8.78 Å². The van der Waals surface area contributed by atoms with Crippen molar-refractivity contribution in [2.75, 3.05) is 0 Å². The number of hydrogen-bond acceptors (Lipinski definition) is 2. The first-order valence-electron chi connectivity index (χ1n) is 6.13. The average Bonchev–Trinajstić information content (AvgIpc) is 2.45. The second-order valence-electron chi connectivity index (χ2n) is 4.18. The van der Waals surface area contributed by atoms with Crippen molar-refractivity contribution in [3.05, 3.63) is 65.5 Å². The minimum atomic E-state index is -2.94. The predicted molar refractivity (Wildman–Crippen MR) is 70.6 cm³/mol. The average molecular weight is 295 g/mol. The van der Waals surface area contributed by atoms with Crippen LogP contribution >= 0.6 is 0 Å². The Morgan fingerprint density at radius 1 is 1.14 bits per heavy atom. The third-order valence-electron chi connectivity index (χ3n) is 2.71. The summed E-state index contributed by atoms with van der Waals surface area (Å²) >= 11 is 0. The number of nitrogens with one attached hydrogen (secondary N) is 1. The largest absolute Gasteiger partial charge is 0.434 e. The highest BCUT2D eigenvalue weighted by molar-refractivity contribution is 5.94. The van der Waals surface area contributed by atoms with Gasteiger partial charge in [-0.3, -0.25) is 4.79 Å². The van der Waals surface area contributed by atoms with Gasteiger partial charge in [0.25, 0.3) is 5.91 Å². The summed E-state index contributed by atoms with van der Waals surface area (Å²) in [6, 6.07) is 11.3. The van der Waals surface area contributed by atoms with Crippen molar-refractivity contribution in [3.8, 4) is 5.75 Å². The highest BCUT2D eigenvalue weighted by Gasteiger charge is 2.11. The van der Waals surface area contributed by atoms with E-state index in [0.717, 1.165) is 6.07 Å². The van der Waals surface area contributed by atoms with E-state index in [1.54, 1.807) is 18.2 Å². The quantitative estimate of drug-likeness (QED) is 0.918. The molecule has 0 radical (unpaired) electrons. The standard InChI is InChI=1S/C15H12F3NO2/c16-12-6-3-5-10(8-12)14(20)19-9-11-4-1-2-7-13(11)21-15(17)18/h1-8,15H,9H2,(H,19,20). The van der Waals surface area contributed by atoms with Gasteiger partial charge < -0.3 is 10.1 Å². The van der Waals surface area contributed by atoms with E-state index >= 15 is 0 Å². The van der Waals surface area contributed by atoms with Gasteiger partial charge in [0.15, 0.2) is 0 Å². The summed E-state index contributed by atoms with van der Waals surface area (Å²) < 4.78 is 41.9. The van der Waals surface area contributed by atoms with Crippen molar-refractivity contribution in [1.29, 1.82) is 0 Å². The fourth-order valence-corrected chi connectivity index (χ4v) is 1.77. The van der Waals surface area contributed by atoms with Gasteiger partial charge in [-0.05, 0) is 24.3 Å². The molecule has 0 aromatic heterocycles. The van der Waals surface area contributed by atoms with E-state index in [2.05, 4.69) is 10.1 Å². The second kappa shape index (κ2) is 6.78. The molecular weight excluding hydrogens is 283 g/mol. The molecule has 0 aliphatic carbocycles. The van der Waals surface area contributed by atoms with Crippen molar-refractivity contribution in [1.82, 2.24) is 5.32 Å². The van der Waals surface area contributed by atoms with E-state index < -0.39 is 18.3 Å². The Morgan fingerprint density at radius 2 is 1.90 bits per heavy atom. The number of carbonyl (C=O) groups is 1. The molecule has 0 aliphatic heterocycles. The van der Waals surface area contributed by atoms with Gasteiger partial charge in [0.1, 0.15) is 11.6 Å². The van der Waals surface area contributed by atoms with E-state index in [1.807, 2.05) is 0 Å². The van der Waals surface area contributed by atoms with Crippen LogP contribution in [-0.2, 0) is 6.54 Å². The molecule has 6 heteroatoms. The molecule has 3 nitrogen and oxygen atoms in total. The molecule has 0 atom stereocenters. The molecule has 110 valence electrons. The molecule has 0 aliphatic rings. The van der Waals surface area contributed by atoms with Crippen LogP contribution in [0, 0.1) is 5.82 Å². The highest BCUT2D eigenvalue weighted by Crippen LogP contribution is 2.20. The summed E-state index contributed by atoms with van der Waals surface area (Å²) in [5, 5.41) is 2.53. The molecule has 1 amide bonds. The molecule has 0 unspecified atom stereocenters. The van der Waals surface area contributed by atoms with Gasteiger partial charge in [-0.15, -0.1) is 0 Å². The van der Waals surface area contributed by atoms with Crippen molar-refractivity contribution >= 4 is 5.91 Å². The fourth-order valence-electron chi connectivity index (χ4n) is 1.77. The summed E-state index contributed by atoms with van der Waals surface area (Å²) in [6.45, 7) is -2.94. The van der Waals surface area contributed by atoms with E-state index in [0.29, 0.717) is 5.56 Å². The first kappa shape index (κ1) is 14.9. The minimum Gasteiger partial charge on any atom is -0.434 e. The van der Waals surface area contributed by atoms with Crippen LogP contribution in [0.25, 0.3) is 0 Å². The number of ether oxygens (including phenoxy) is 1. The molecule has 0 heterocycles. The van der Waals surface area contributed by atoms with Gasteiger partial charge in [-0.25, -0.2) is 4.39 Å². The molecule has 2 rings (SSSR count). The molecule has 2 aromatic carbocycles. The minimum absolute atomic E-state index is 0.00175. The molecule has 2 aromatic rings. The van der Waals surface area contributed by atoms with Gasteiger partial charge in [0.05, 0.1) is 0 Å². The lowest BCUT2D eigenvalue weighted by Gasteiger charge is -2.11. The number of rotatable bonds is 5. The molecule has 0 fully saturated rings. The molecule has 1 N–H and O–H groups in total. The van der Waals surface area contributed by atoms with Crippen LogP contribution in [0.15, 0.2) is 48.5 Å². The van der Waals surface area contributed by atoms with Crippen LogP contribution < -0.4 is 10.1 Å². The zero-order valence-electron chi connectivity index (χ0n) is 10.9. The van der Waals surface area contributed by atoms with E-state index in [-0.39, 0.29) is 17.9 Å². The fraction of sp³-hybridized carbons (Fsp3) is 0.133. The summed E-state index contributed by atoms with van der Waals surface area (Å²) in [5.74, 6) is -1.03. The van der Waals surface area contributed by atoms with Crippen molar-refractivity contribution in [2.45, 2.75) is 13.2 Å². The number of carbonyl (C=O) groups excluding carboxylic acids is 1. The van der Waals surface area contributed by atoms with Crippen molar-refractivity contribution < 1.29 is 22.7 Å². The maximum Gasteiger partial charge on any atom is 0.387 e. The summed E-state index contributed by atoms with van der Waals surface area (Å²) in [6.07, 6.45) is 0. The van der Waals surface area contributed by atoms with E-state index in [4.69, 9.17) is 0 Å². The zero-order valence-corrected chi connectivity index (χ0v) is 10.9. The summed E-state index contributed by atoms with van der Waals surface area (Å²) in [4.78, 5) is 11.8. The summed E-state index contributed by atoms with van der Waals surface area (Å²) in [7, 11) is 0. The molecule has 21 heavy (non-hydrogen) atoms. The van der Waals surface area contributed by atoms with Crippen LogP contribution in [0.2, 0.25) is 0 Å². The van der Waals surface area contributed by atoms with Gasteiger partial charge >= 0.3 is 6.61 Å². The monoisotopic (exact) mass is 295 g/mol. The highest BCUT2D eigenvalue weighted by atomic mass is 19.3. The maximum absolute atomic E-state index is 13.0. The van der Waals surface area contributed by atoms with Crippen LogP contribution in [0.4, 0.5) is 13.2 Å².